The third kappa shape index (κ3) is 7.99. The highest BCUT2D eigenvalue weighted by atomic mass is 16.6. The second-order valence-electron chi connectivity index (χ2n) is 6.85. The third-order valence-electron chi connectivity index (χ3n) is 3.22. The van der Waals surface area contributed by atoms with Crippen molar-refractivity contribution in [1.29, 1.82) is 0 Å². The third-order valence-corrected chi connectivity index (χ3v) is 3.22. The Morgan fingerprint density at radius 3 is 2.33 bits per heavy atom. The van der Waals surface area contributed by atoms with E-state index in [0.717, 1.165) is 17.7 Å². The molecule has 0 bridgehead atoms. The molecule has 0 heterocycles. The number of amides is 1. The Morgan fingerprint density at radius 2 is 1.79 bits per heavy atom. The van der Waals surface area contributed by atoms with E-state index in [4.69, 9.17) is 9.47 Å². The maximum absolute atomic E-state index is 12.1. The van der Waals surface area contributed by atoms with Gasteiger partial charge in [-0.25, -0.2) is 4.79 Å². The van der Waals surface area contributed by atoms with Crippen LogP contribution >= 0.6 is 0 Å². The zero-order valence-corrected chi connectivity index (χ0v) is 15.3. The molecule has 1 rings (SSSR count). The van der Waals surface area contributed by atoms with Gasteiger partial charge in [0.2, 0.25) is 5.91 Å². The molecular formula is C19H29NO4. The molecule has 0 spiro atoms. The summed E-state index contributed by atoms with van der Waals surface area (Å²) in [6.07, 6.45) is 1.53. The number of carbonyl (C=O) groups is 2. The van der Waals surface area contributed by atoms with E-state index in [-0.39, 0.29) is 18.9 Å². The lowest BCUT2D eigenvalue weighted by molar-refractivity contribution is -0.158. The maximum Gasteiger partial charge on any atom is 0.329 e. The van der Waals surface area contributed by atoms with Crippen LogP contribution < -0.4 is 10.1 Å². The molecule has 1 aromatic carbocycles. The smallest absolute Gasteiger partial charge is 0.329 e. The Bertz CT molecular complexity index is 531. The van der Waals surface area contributed by atoms with Gasteiger partial charge < -0.3 is 14.8 Å². The van der Waals surface area contributed by atoms with Crippen LogP contribution in [0.3, 0.4) is 0 Å². The maximum atomic E-state index is 12.1. The molecule has 0 fully saturated rings. The fraction of sp³-hybridized carbons (Fsp3) is 0.579. The van der Waals surface area contributed by atoms with Crippen LogP contribution in [0.25, 0.3) is 0 Å². The quantitative estimate of drug-likeness (QED) is 0.740. The summed E-state index contributed by atoms with van der Waals surface area (Å²) in [5, 5.41) is 2.74. The Labute approximate surface area is 144 Å². The van der Waals surface area contributed by atoms with Crippen molar-refractivity contribution >= 4 is 11.9 Å². The zero-order chi connectivity index (χ0) is 18.2. The van der Waals surface area contributed by atoms with E-state index in [0.29, 0.717) is 6.42 Å². The lowest BCUT2D eigenvalue weighted by atomic mass is 10.1. The van der Waals surface area contributed by atoms with Gasteiger partial charge in [0.05, 0.1) is 13.0 Å². The summed E-state index contributed by atoms with van der Waals surface area (Å²) >= 11 is 0. The molecule has 24 heavy (non-hydrogen) atoms. The summed E-state index contributed by atoms with van der Waals surface area (Å²) in [4.78, 5) is 24.2. The molecule has 0 unspecified atom stereocenters. The van der Waals surface area contributed by atoms with Crippen LogP contribution in [-0.4, -0.2) is 30.1 Å². The van der Waals surface area contributed by atoms with Crippen LogP contribution in [-0.2, 0) is 14.3 Å². The van der Waals surface area contributed by atoms with Gasteiger partial charge in [0.25, 0.3) is 0 Å². The molecule has 1 atom stereocenters. The minimum atomic E-state index is -0.610. The van der Waals surface area contributed by atoms with Gasteiger partial charge in [-0.15, -0.1) is 0 Å². The highest BCUT2D eigenvalue weighted by Gasteiger charge is 2.25. The molecule has 5 heteroatoms. The average Bonchev–Trinajstić information content (AvgIpc) is 2.47. The highest BCUT2D eigenvalue weighted by Crippen LogP contribution is 2.12. The number of benzene rings is 1. The SMILES string of the molecule is CCC[C@H](NC(=O)CCOc1ccc(C)cc1)C(=O)OC(C)(C)C. The number of esters is 1. The fourth-order valence-electron chi connectivity index (χ4n) is 2.07. The van der Waals surface area contributed by atoms with Gasteiger partial charge in [-0.1, -0.05) is 31.0 Å². The van der Waals surface area contributed by atoms with E-state index in [1.807, 2.05) is 58.9 Å². The Morgan fingerprint density at radius 1 is 1.17 bits per heavy atom. The predicted octanol–water partition coefficient (Wildman–Crippen LogP) is 3.39. The van der Waals surface area contributed by atoms with Gasteiger partial charge in [0.15, 0.2) is 0 Å². The largest absolute Gasteiger partial charge is 0.493 e. The Balaban J connectivity index is 2.44. The first-order valence-corrected chi connectivity index (χ1v) is 8.43. The molecule has 1 aromatic rings. The average molecular weight is 335 g/mol. The molecule has 0 aliphatic carbocycles. The van der Waals surface area contributed by atoms with E-state index >= 15 is 0 Å². The minimum Gasteiger partial charge on any atom is -0.493 e. The predicted molar refractivity (Wildman–Crippen MR) is 94.0 cm³/mol. The van der Waals surface area contributed by atoms with E-state index < -0.39 is 17.6 Å². The monoisotopic (exact) mass is 335 g/mol. The fourth-order valence-corrected chi connectivity index (χ4v) is 2.07. The first kappa shape index (κ1) is 20.0. The van der Waals surface area contributed by atoms with Crippen molar-refractivity contribution in [2.75, 3.05) is 6.61 Å². The van der Waals surface area contributed by atoms with Crippen LogP contribution in [0.1, 0.15) is 52.5 Å². The van der Waals surface area contributed by atoms with Crippen molar-refractivity contribution in [3.8, 4) is 5.75 Å². The summed E-state index contributed by atoms with van der Waals surface area (Å²) in [5.41, 5.74) is 0.586. The summed E-state index contributed by atoms with van der Waals surface area (Å²) in [5.74, 6) is 0.120. The Hall–Kier alpha value is -2.04. The van der Waals surface area contributed by atoms with Gasteiger partial charge in [-0.05, 0) is 46.2 Å². The molecule has 0 aromatic heterocycles. The normalized spacial score (nSPS) is 12.4. The Kier molecular flexibility index (Phi) is 7.75. The van der Waals surface area contributed by atoms with Crippen molar-refractivity contribution in [3.05, 3.63) is 29.8 Å². The van der Waals surface area contributed by atoms with Crippen molar-refractivity contribution in [1.82, 2.24) is 5.32 Å². The minimum absolute atomic E-state index is 0.191. The van der Waals surface area contributed by atoms with Crippen molar-refractivity contribution < 1.29 is 19.1 Å². The van der Waals surface area contributed by atoms with Gasteiger partial charge in [-0.2, -0.15) is 0 Å². The van der Waals surface area contributed by atoms with Crippen molar-refractivity contribution in [3.63, 3.8) is 0 Å². The molecule has 0 saturated carbocycles. The lowest BCUT2D eigenvalue weighted by Crippen LogP contribution is -2.44. The molecule has 134 valence electrons. The number of hydrogen-bond acceptors (Lipinski definition) is 4. The van der Waals surface area contributed by atoms with E-state index in [1.54, 1.807) is 0 Å². The molecule has 0 aliphatic heterocycles. The molecule has 1 N–H and O–H groups in total. The lowest BCUT2D eigenvalue weighted by Gasteiger charge is -2.24. The summed E-state index contributed by atoms with van der Waals surface area (Å²) < 4.78 is 10.9. The standard InChI is InChI=1S/C19H29NO4/c1-6-7-16(18(22)24-19(3,4)5)20-17(21)12-13-23-15-10-8-14(2)9-11-15/h8-11,16H,6-7,12-13H2,1-5H3,(H,20,21)/t16-/m0/s1. The summed E-state index contributed by atoms with van der Waals surface area (Å²) in [6, 6.07) is 7.03. The topological polar surface area (TPSA) is 64.6 Å². The van der Waals surface area contributed by atoms with Crippen LogP contribution in [0.2, 0.25) is 0 Å². The van der Waals surface area contributed by atoms with E-state index in [1.165, 1.54) is 0 Å². The zero-order valence-electron chi connectivity index (χ0n) is 15.3. The molecule has 0 aliphatic rings. The van der Waals surface area contributed by atoms with Gasteiger partial charge in [-0.3, -0.25) is 4.79 Å². The van der Waals surface area contributed by atoms with Gasteiger partial charge >= 0.3 is 5.97 Å². The summed E-state index contributed by atoms with van der Waals surface area (Å²) in [7, 11) is 0. The van der Waals surface area contributed by atoms with Crippen LogP contribution in [0, 0.1) is 6.92 Å². The van der Waals surface area contributed by atoms with Crippen molar-refractivity contribution in [2.24, 2.45) is 0 Å². The highest BCUT2D eigenvalue weighted by molar-refractivity contribution is 5.84. The number of rotatable bonds is 8. The molecule has 1 amide bonds. The van der Waals surface area contributed by atoms with Crippen molar-refractivity contribution in [2.45, 2.75) is 65.5 Å². The number of nitrogens with one attached hydrogen (secondary N) is 1. The molecule has 0 radical (unpaired) electrons. The van der Waals surface area contributed by atoms with E-state index in [9.17, 15) is 9.59 Å². The second kappa shape index (κ2) is 9.30. The summed E-state index contributed by atoms with van der Waals surface area (Å²) in [6.45, 7) is 9.66. The first-order chi connectivity index (χ1) is 11.2. The number of ether oxygens (including phenoxy) is 2. The number of carbonyl (C=O) groups excluding carboxylic acids is 2. The van der Waals surface area contributed by atoms with Gasteiger partial charge in [0, 0.05) is 0 Å². The first-order valence-electron chi connectivity index (χ1n) is 8.43. The van der Waals surface area contributed by atoms with E-state index in [2.05, 4.69) is 5.32 Å². The number of hydrogen-bond donors (Lipinski definition) is 1. The molecule has 0 saturated heterocycles. The molecule has 5 nitrogen and oxygen atoms in total. The number of aryl methyl sites for hydroxylation is 1. The second-order valence-corrected chi connectivity index (χ2v) is 6.85. The van der Waals surface area contributed by atoms with Crippen LogP contribution in [0.15, 0.2) is 24.3 Å². The van der Waals surface area contributed by atoms with Crippen LogP contribution in [0.5, 0.6) is 5.75 Å². The van der Waals surface area contributed by atoms with Gasteiger partial charge in [0.1, 0.15) is 17.4 Å². The van der Waals surface area contributed by atoms with Crippen LogP contribution in [0.4, 0.5) is 0 Å². The molecular weight excluding hydrogens is 306 g/mol.